The molecule has 6 nitrogen and oxygen atoms in total. The smallest absolute Gasteiger partial charge is 0.432 e. The molecule has 1 N–H and O–H groups in total. The molecule has 0 amide bonds. The number of nitrogens with zero attached hydrogens (tertiary/aromatic N) is 3. The summed E-state index contributed by atoms with van der Waals surface area (Å²) >= 11 is 2.03. The van der Waals surface area contributed by atoms with Gasteiger partial charge < -0.3 is 9.84 Å². The molecule has 1 aliphatic rings. The van der Waals surface area contributed by atoms with Gasteiger partial charge in [0.05, 0.1) is 17.1 Å². The molecule has 1 unspecified atom stereocenters. The van der Waals surface area contributed by atoms with Crippen molar-refractivity contribution >= 4 is 39.6 Å². The van der Waals surface area contributed by atoms with E-state index in [9.17, 15) is 9.90 Å². The van der Waals surface area contributed by atoms with Crippen LogP contribution in [0.4, 0.5) is 4.79 Å². The number of ether oxygens (including phenoxy) is 1. The number of aromatic nitrogens is 2. The van der Waals surface area contributed by atoms with Crippen molar-refractivity contribution in [2.75, 3.05) is 0 Å². The number of nitriles is 1. The molecule has 0 aliphatic heterocycles. The van der Waals surface area contributed by atoms with Crippen LogP contribution in [0.15, 0.2) is 36.4 Å². The molecule has 130 valence electrons. The fourth-order valence-corrected chi connectivity index (χ4v) is 4.05. The van der Waals surface area contributed by atoms with Crippen LogP contribution in [0.2, 0.25) is 0 Å². The second kappa shape index (κ2) is 6.61. The second-order valence-electron chi connectivity index (χ2n) is 6.19. The summed E-state index contributed by atoms with van der Waals surface area (Å²) in [5, 5.41) is 23.1. The van der Waals surface area contributed by atoms with Gasteiger partial charge in [0.2, 0.25) is 0 Å². The van der Waals surface area contributed by atoms with Crippen molar-refractivity contribution < 1.29 is 14.6 Å². The minimum absolute atomic E-state index is 0.0730. The van der Waals surface area contributed by atoms with Gasteiger partial charge in [0.1, 0.15) is 15.6 Å². The molecule has 4 rings (SSSR count). The Hall–Kier alpha value is -2.60. The van der Waals surface area contributed by atoms with Crippen LogP contribution in [0, 0.1) is 15.0 Å². The normalized spacial score (nSPS) is 16.1. The van der Waals surface area contributed by atoms with Gasteiger partial charge in [-0.1, -0.05) is 6.07 Å². The Kier molecular flexibility index (Phi) is 4.28. The van der Waals surface area contributed by atoms with Crippen molar-refractivity contribution in [3.8, 4) is 11.8 Å². The van der Waals surface area contributed by atoms with Crippen LogP contribution >= 0.6 is 22.6 Å². The van der Waals surface area contributed by atoms with Crippen molar-refractivity contribution in [1.29, 1.82) is 5.26 Å². The molecule has 0 bridgehead atoms. The number of rotatable bonds is 2. The van der Waals surface area contributed by atoms with Crippen molar-refractivity contribution in [2.24, 2.45) is 0 Å². The molecule has 1 atom stereocenters. The van der Waals surface area contributed by atoms with E-state index in [0.717, 1.165) is 40.5 Å². The van der Waals surface area contributed by atoms with Gasteiger partial charge in [-0.25, -0.2) is 4.79 Å². The van der Waals surface area contributed by atoms with Crippen LogP contribution in [0.1, 0.15) is 35.6 Å². The molecular weight excluding hydrogens is 445 g/mol. The van der Waals surface area contributed by atoms with Gasteiger partial charge in [-0.2, -0.15) is 15.0 Å². The van der Waals surface area contributed by atoms with Crippen LogP contribution < -0.4 is 4.74 Å². The lowest BCUT2D eigenvalue weighted by atomic mass is 9.88. The number of fused-ring (bicyclic) bond motifs is 2. The maximum absolute atomic E-state index is 11.3. The molecule has 0 saturated heterocycles. The molecule has 1 aromatic heterocycles. The Bertz CT molecular complexity index is 1070. The molecule has 0 spiro atoms. The third-order valence-corrected chi connectivity index (χ3v) is 5.39. The van der Waals surface area contributed by atoms with Gasteiger partial charge in [0.25, 0.3) is 0 Å². The first-order chi connectivity index (χ1) is 12.6. The van der Waals surface area contributed by atoms with Crippen LogP contribution in [0.25, 0.3) is 10.9 Å². The highest BCUT2D eigenvalue weighted by Crippen LogP contribution is 2.35. The fourth-order valence-electron chi connectivity index (χ4n) is 3.41. The minimum atomic E-state index is -1.11. The molecule has 2 aromatic carbocycles. The molecule has 1 aliphatic carbocycles. The number of hydrogen-bond donors (Lipinski definition) is 1. The molecule has 7 heteroatoms. The van der Waals surface area contributed by atoms with Crippen molar-refractivity contribution in [1.82, 2.24) is 9.78 Å². The Labute approximate surface area is 163 Å². The van der Waals surface area contributed by atoms with E-state index in [2.05, 4.69) is 11.2 Å². The first-order valence-corrected chi connectivity index (χ1v) is 9.26. The van der Waals surface area contributed by atoms with E-state index in [0.29, 0.717) is 20.5 Å². The zero-order valence-corrected chi connectivity index (χ0v) is 15.8. The monoisotopic (exact) mass is 459 g/mol. The standard InChI is InChI=1S/C19H14IN3O3/c20-18-15-9-13(5-7-16(15)23(22-18)19(24)25)26-17-3-1-2-12-8-11(10-21)4-6-14(12)17/h4-9,17H,1-3H2,(H,24,25). The van der Waals surface area contributed by atoms with Gasteiger partial charge in [-0.05, 0) is 83.3 Å². The predicted octanol–water partition coefficient (Wildman–Crippen LogP) is 4.50. The minimum Gasteiger partial charge on any atom is -0.486 e. The molecular formula is C19H14IN3O3. The third-order valence-electron chi connectivity index (χ3n) is 4.60. The summed E-state index contributed by atoms with van der Waals surface area (Å²) < 4.78 is 7.81. The second-order valence-corrected chi connectivity index (χ2v) is 7.21. The zero-order valence-electron chi connectivity index (χ0n) is 13.6. The average Bonchev–Trinajstić information content (AvgIpc) is 2.98. The first kappa shape index (κ1) is 16.8. The molecule has 0 radical (unpaired) electrons. The summed E-state index contributed by atoms with van der Waals surface area (Å²) in [5.74, 6) is 0.683. The summed E-state index contributed by atoms with van der Waals surface area (Å²) in [6.45, 7) is 0. The van der Waals surface area contributed by atoms with Gasteiger partial charge >= 0.3 is 6.09 Å². The highest BCUT2D eigenvalue weighted by atomic mass is 127. The van der Waals surface area contributed by atoms with Crippen molar-refractivity contribution in [3.63, 3.8) is 0 Å². The molecule has 3 aromatic rings. The van der Waals surface area contributed by atoms with Crippen LogP contribution in [-0.4, -0.2) is 21.0 Å². The summed E-state index contributed by atoms with van der Waals surface area (Å²) in [6.07, 6.45) is 1.68. The van der Waals surface area contributed by atoms with E-state index in [1.807, 2.05) is 46.9 Å². The van der Waals surface area contributed by atoms with Gasteiger partial charge in [0, 0.05) is 5.39 Å². The van der Waals surface area contributed by atoms with Crippen LogP contribution in [-0.2, 0) is 6.42 Å². The molecule has 0 fully saturated rings. The number of benzene rings is 2. The number of hydrogen-bond acceptors (Lipinski definition) is 4. The summed E-state index contributed by atoms with van der Waals surface area (Å²) in [6, 6.07) is 13.2. The SMILES string of the molecule is N#Cc1ccc2c(c1)CCCC2Oc1ccc2c(c1)c(I)nn2C(=O)O. The van der Waals surface area contributed by atoms with Gasteiger partial charge in [-0.3, -0.25) is 0 Å². The highest BCUT2D eigenvalue weighted by molar-refractivity contribution is 14.1. The number of aryl methyl sites for hydroxylation is 1. The number of carbonyl (C=O) groups is 1. The Morgan fingerprint density at radius 2 is 2.19 bits per heavy atom. The lowest BCUT2D eigenvalue weighted by Crippen LogP contribution is -2.15. The molecule has 0 saturated carbocycles. The first-order valence-electron chi connectivity index (χ1n) is 8.18. The van der Waals surface area contributed by atoms with Crippen molar-refractivity contribution in [3.05, 3.63) is 56.8 Å². The van der Waals surface area contributed by atoms with Crippen molar-refractivity contribution in [2.45, 2.75) is 25.4 Å². The van der Waals surface area contributed by atoms with Gasteiger partial charge in [0.15, 0.2) is 0 Å². The third kappa shape index (κ3) is 2.90. The molecule has 1 heterocycles. The van der Waals surface area contributed by atoms with E-state index < -0.39 is 6.09 Å². The topological polar surface area (TPSA) is 88.1 Å². The Morgan fingerprint density at radius 3 is 2.96 bits per heavy atom. The number of carboxylic acid groups (broad SMARTS) is 1. The van der Waals surface area contributed by atoms with E-state index in [-0.39, 0.29) is 6.10 Å². The maximum atomic E-state index is 11.3. The summed E-state index contributed by atoms with van der Waals surface area (Å²) in [7, 11) is 0. The Morgan fingerprint density at radius 1 is 1.35 bits per heavy atom. The zero-order chi connectivity index (χ0) is 18.3. The van der Waals surface area contributed by atoms with Crippen LogP contribution in [0.5, 0.6) is 5.75 Å². The largest absolute Gasteiger partial charge is 0.486 e. The lowest BCUT2D eigenvalue weighted by molar-refractivity contribution is 0.183. The van der Waals surface area contributed by atoms with Crippen LogP contribution in [0.3, 0.4) is 0 Å². The highest BCUT2D eigenvalue weighted by Gasteiger charge is 2.23. The summed E-state index contributed by atoms with van der Waals surface area (Å²) in [4.78, 5) is 11.3. The maximum Gasteiger partial charge on any atom is 0.432 e. The molecule has 26 heavy (non-hydrogen) atoms. The van der Waals surface area contributed by atoms with E-state index in [1.165, 1.54) is 0 Å². The Balaban J connectivity index is 1.68. The van der Waals surface area contributed by atoms with Gasteiger partial charge in [-0.15, -0.1) is 0 Å². The quantitative estimate of drug-likeness (QED) is 0.571. The number of halogens is 1. The predicted molar refractivity (Wildman–Crippen MR) is 103 cm³/mol. The fraction of sp³-hybridized carbons (Fsp3) is 0.211. The lowest BCUT2D eigenvalue weighted by Gasteiger charge is -2.26. The van der Waals surface area contributed by atoms with E-state index in [1.54, 1.807) is 12.1 Å². The average molecular weight is 459 g/mol. The summed E-state index contributed by atoms with van der Waals surface area (Å²) in [5.41, 5.74) is 3.49. The van der Waals surface area contributed by atoms with E-state index >= 15 is 0 Å². The van der Waals surface area contributed by atoms with E-state index in [4.69, 9.17) is 10.00 Å².